The predicted molar refractivity (Wildman–Crippen MR) is 104 cm³/mol. The third-order valence-corrected chi connectivity index (χ3v) is 4.74. The van der Waals surface area contributed by atoms with Gasteiger partial charge >= 0.3 is 11.8 Å². The van der Waals surface area contributed by atoms with Crippen molar-refractivity contribution in [2.45, 2.75) is 44.5 Å². The van der Waals surface area contributed by atoms with E-state index in [1.807, 2.05) is 13.0 Å². The van der Waals surface area contributed by atoms with E-state index >= 15 is 0 Å². The maximum Gasteiger partial charge on any atom is 0.380 e. The maximum atomic E-state index is 12.0. The van der Waals surface area contributed by atoms with Crippen LogP contribution in [0.15, 0.2) is 60.4 Å². The van der Waals surface area contributed by atoms with Gasteiger partial charge in [-0.2, -0.15) is 0 Å². The van der Waals surface area contributed by atoms with Gasteiger partial charge in [-0.3, -0.25) is 4.79 Å². The van der Waals surface area contributed by atoms with Crippen LogP contribution in [-0.4, -0.2) is 39.0 Å². The van der Waals surface area contributed by atoms with Crippen LogP contribution < -0.4 is 4.74 Å². The van der Waals surface area contributed by atoms with Crippen molar-refractivity contribution in [1.82, 2.24) is 0 Å². The average molecular weight is 386 g/mol. The topological polar surface area (TPSA) is 104 Å². The number of carbonyl (C=O) groups is 2. The Morgan fingerprint density at radius 3 is 2.75 bits per heavy atom. The van der Waals surface area contributed by atoms with E-state index in [0.717, 1.165) is 18.9 Å². The number of carbonyl (C=O) groups excluding carboxylic acids is 1. The highest BCUT2D eigenvalue weighted by molar-refractivity contribution is 5.83. The van der Waals surface area contributed by atoms with Crippen LogP contribution in [0.4, 0.5) is 0 Å². The zero-order chi connectivity index (χ0) is 20.6. The molecule has 0 amide bonds. The fourth-order valence-electron chi connectivity index (χ4n) is 3.15. The molecule has 6 nitrogen and oxygen atoms in total. The Morgan fingerprint density at radius 2 is 2.11 bits per heavy atom. The summed E-state index contributed by atoms with van der Waals surface area (Å²) < 4.78 is 5.09. The van der Waals surface area contributed by atoms with Gasteiger partial charge in [0.25, 0.3) is 0 Å². The van der Waals surface area contributed by atoms with Gasteiger partial charge in [0, 0.05) is 12.3 Å². The summed E-state index contributed by atoms with van der Waals surface area (Å²) in [6.07, 6.45) is 7.59. The Labute approximate surface area is 164 Å². The van der Waals surface area contributed by atoms with Crippen molar-refractivity contribution in [3.63, 3.8) is 0 Å². The number of ether oxygens (including phenoxy) is 1. The molecule has 3 N–H and O–H groups in total. The van der Waals surface area contributed by atoms with Gasteiger partial charge in [-0.05, 0) is 49.5 Å². The lowest BCUT2D eigenvalue weighted by molar-refractivity contribution is -0.216. The number of carboxylic acid groups (broad SMARTS) is 1. The summed E-state index contributed by atoms with van der Waals surface area (Å²) in [5.74, 6) is -4.23. The summed E-state index contributed by atoms with van der Waals surface area (Å²) in [7, 11) is 0. The lowest BCUT2D eigenvalue weighted by atomic mass is 9.91. The fourth-order valence-corrected chi connectivity index (χ4v) is 3.15. The molecule has 6 heteroatoms. The number of aliphatic carboxylic acids is 1. The highest BCUT2D eigenvalue weighted by Crippen LogP contribution is 2.32. The van der Waals surface area contributed by atoms with Crippen LogP contribution in [0, 0.1) is 11.8 Å². The summed E-state index contributed by atoms with van der Waals surface area (Å²) in [6, 6.07) is 7.87. The molecule has 0 spiro atoms. The van der Waals surface area contributed by atoms with Gasteiger partial charge in [0.2, 0.25) is 0 Å². The number of aliphatic hydroxyl groups excluding tert-OH is 1. The third kappa shape index (κ3) is 5.42. The second kappa shape index (κ2) is 10.0. The molecule has 2 unspecified atom stereocenters. The van der Waals surface area contributed by atoms with Crippen molar-refractivity contribution in [2.75, 3.05) is 0 Å². The number of aliphatic hydroxyl groups is 2. The van der Waals surface area contributed by atoms with E-state index in [0.29, 0.717) is 12.8 Å². The summed E-state index contributed by atoms with van der Waals surface area (Å²) in [6.45, 7) is 2.04. The first-order valence-electron chi connectivity index (χ1n) is 9.36. The van der Waals surface area contributed by atoms with E-state index in [1.165, 1.54) is 12.1 Å². The average Bonchev–Trinajstić information content (AvgIpc) is 3.03. The second-order valence-corrected chi connectivity index (χ2v) is 6.75. The first-order chi connectivity index (χ1) is 13.4. The van der Waals surface area contributed by atoms with Gasteiger partial charge in [-0.1, -0.05) is 37.3 Å². The Morgan fingerprint density at radius 1 is 1.39 bits per heavy atom. The Hall–Kier alpha value is -2.66. The minimum Gasteiger partial charge on any atom is -0.476 e. The summed E-state index contributed by atoms with van der Waals surface area (Å²) in [4.78, 5) is 23.5. The van der Waals surface area contributed by atoms with Gasteiger partial charge < -0.3 is 20.1 Å². The molecule has 150 valence electrons. The predicted octanol–water partition coefficient (Wildman–Crippen LogP) is 2.86. The highest BCUT2D eigenvalue weighted by atomic mass is 16.7. The molecule has 0 radical (unpaired) electrons. The number of carboxylic acids is 1. The molecule has 28 heavy (non-hydrogen) atoms. The third-order valence-electron chi connectivity index (χ3n) is 4.74. The van der Waals surface area contributed by atoms with E-state index in [1.54, 1.807) is 24.3 Å². The van der Waals surface area contributed by atoms with Gasteiger partial charge in [0.05, 0.1) is 0 Å². The quantitative estimate of drug-likeness (QED) is 0.342. The minimum absolute atomic E-state index is 0.103. The summed E-state index contributed by atoms with van der Waals surface area (Å²) in [5.41, 5.74) is 2.68. The smallest absolute Gasteiger partial charge is 0.380 e. The second-order valence-electron chi connectivity index (χ2n) is 6.75. The number of rotatable bonds is 9. The lowest BCUT2D eigenvalue weighted by Crippen LogP contribution is -2.53. The summed E-state index contributed by atoms with van der Waals surface area (Å²) >= 11 is 0. The normalized spacial score (nSPS) is 22.3. The van der Waals surface area contributed by atoms with Crippen molar-refractivity contribution < 1.29 is 29.6 Å². The lowest BCUT2D eigenvalue weighted by Gasteiger charge is -2.27. The SMILES string of the molecule is CC/C=C/[C@H]1CCC(=O)[C@@H]1CC=C=CC([16OH])C([16OH])(Oc1ccccc1)C(=O)O. The molecule has 1 aromatic rings. The van der Waals surface area contributed by atoms with Gasteiger partial charge in [0.1, 0.15) is 11.5 Å². The molecular weight excluding hydrogens is 360 g/mol. The molecule has 1 aliphatic rings. The highest BCUT2D eigenvalue weighted by Gasteiger charge is 2.46. The molecular formula is C22H26O6. The molecule has 0 saturated heterocycles. The summed E-state index contributed by atoms with van der Waals surface area (Å²) in [5, 5.41) is 29.7. The van der Waals surface area contributed by atoms with Crippen molar-refractivity contribution >= 4 is 11.8 Å². The Bertz CT molecular complexity index is 762. The Kier molecular flexibility index (Phi) is 7.76. The van der Waals surface area contributed by atoms with Crippen molar-refractivity contribution in [3.8, 4) is 5.75 Å². The van der Waals surface area contributed by atoms with Crippen LogP contribution in [0.3, 0.4) is 0 Å². The van der Waals surface area contributed by atoms with Gasteiger partial charge in [0.15, 0.2) is 6.10 Å². The maximum absolute atomic E-state index is 12.0. The molecule has 1 fully saturated rings. The molecule has 0 aromatic heterocycles. The molecule has 1 saturated carbocycles. The van der Waals surface area contributed by atoms with E-state index < -0.39 is 17.9 Å². The van der Waals surface area contributed by atoms with Crippen LogP contribution in [0.5, 0.6) is 5.75 Å². The van der Waals surface area contributed by atoms with E-state index in [9.17, 15) is 24.9 Å². The van der Waals surface area contributed by atoms with E-state index in [-0.39, 0.29) is 23.4 Å². The number of allylic oxidation sites excluding steroid dienone is 2. The number of benzene rings is 1. The number of ketones is 1. The van der Waals surface area contributed by atoms with Crippen LogP contribution >= 0.6 is 0 Å². The van der Waals surface area contributed by atoms with Crippen molar-refractivity contribution in [1.29, 1.82) is 0 Å². The van der Waals surface area contributed by atoms with Crippen LogP contribution in [-0.2, 0) is 9.59 Å². The Balaban J connectivity index is 2.06. The van der Waals surface area contributed by atoms with Crippen LogP contribution in [0.1, 0.15) is 32.6 Å². The van der Waals surface area contributed by atoms with E-state index in [2.05, 4.69) is 11.8 Å². The molecule has 1 aliphatic carbocycles. The standard InChI is InChI=1S/C22H26O6/c1-2-3-9-16-14-15-19(23)18(16)12-7-8-13-20(24)22(27,21(25)26)28-17-10-5-4-6-11-17/h3-7,9-11,13,16,18,20,24,27H,2,12,14-15H2,1H3,(H,25,26)/b9-3+/t8?,16-,18+,20?,22?/m0/s1/i24+0,27+0. The zero-order valence-corrected chi connectivity index (χ0v) is 15.8. The molecule has 2 rings (SSSR count). The number of hydrogen-bond donors (Lipinski definition) is 3. The van der Waals surface area contributed by atoms with Crippen molar-refractivity contribution in [2.24, 2.45) is 11.8 Å². The molecule has 0 aliphatic heterocycles. The van der Waals surface area contributed by atoms with Gasteiger partial charge in [-0.25, -0.2) is 4.79 Å². The van der Waals surface area contributed by atoms with E-state index in [4.69, 9.17) is 4.74 Å². The van der Waals surface area contributed by atoms with Crippen LogP contribution in [0.2, 0.25) is 0 Å². The molecule has 1 aromatic carbocycles. The first-order valence-corrected chi connectivity index (χ1v) is 9.36. The fraction of sp³-hybridized carbons (Fsp3) is 0.409. The molecule has 4 atom stereocenters. The minimum atomic E-state index is -2.85. The number of Topliss-reactive ketones (excluding diaryl/α,β-unsaturated/α-hetero) is 1. The van der Waals surface area contributed by atoms with Crippen molar-refractivity contribution in [3.05, 3.63) is 60.4 Å². The zero-order valence-electron chi connectivity index (χ0n) is 15.8. The largest absolute Gasteiger partial charge is 0.476 e. The molecule has 0 bridgehead atoms. The van der Waals surface area contributed by atoms with Gasteiger partial charge in [-0.15, -0.1) is 5.73 Å². The monoisotopic (exact) mass is 386 g/mol. The number of para-hydroxylation sites is 1. The first kappa shape index (κ1) is 21.6. The van der Waals surface area contributed by atoms with Crippen LogP contribution in [0.25, 0.3) is 0 Å². The molecule has 0 heterocycles. The number of hydrogen-bond acceptors (Lipinski definition) is 5.